The normalized spacial score (nSPS) is 15.2. The lowest BCUT2D eigenvalue weighted by molar-refractivity contribution is 0.401. The number of methoxy groups -OCH3 is 1. The molecule has 0 saturated heterocycles. The first-order chi connectivity index (χ1) is 6.79. The Balaban J connectivity index is 2.01. The van der Waals surface area contributed by atoms with Gasteiger partial charge in [-0.2, -0.15) is 4.98 Å². The summed E-state index contributed by atoms with van der Waals surface area (Å²) in [5.74, 6) is 2.16. The third-order valence-corrected chi connectivity index (χ3v) is 2.35. The molecule has 1 aromatic heterocycles. The minimum atomic E-state index is 0.491. The third kappa shape index (κ3) is 2.07. The third-order valence-electron chi connectivity index (χ3n) is 2.35. The summed E-state index contributed by atoms with van der Waals surface area (Å²) in [5.41, 5.74) is 6.23. The van der Waals surface area contributed by atoms with Crippen LogP contribution in [0.3, 0.4) is 0 Å². The molecule has 14 heavy (non-hydrogen) atoms. The van der Waals surface area contributed by atoms with Crippen LogP contribution in [0.5, 0.6) is 5.88 Å². The van der Waals surface area contributed by atoms with Crippen LogP contribution < -0.4 is 15.8 Å². The Morgan fingerprint density at radius 3 is 3.00 bits per heavy atom. The summed E-state index contributed by atoms with van der Waals surface area (Å²) < 4.78 is 5.03. The van der Waals surface area contributed by atoms with Gasteiger partial charge in [-0.25, -0.2) is 0 Å². The average Bonchev–Trinajstić information content (AvgIpc) is 3.00. The highest BCUT2D eigenvalue weighted by molar-refractivity contribution is 5.53. The molecule has 1 aliphatic rings. The summed E-state index contributed by atoms with van der Waals surface area (Å²) in [6.07, 6.45) is 2.66. The number of aromatic nitrogens is 1. The smallest absolute Gasteiger partial charge is 0.238 e. The van der Waals surface area contributed by atoms with Crippen molar-refractivity contribution in [1.29, 1.82) is 0 Å². The number of hydrogen-bond acceptors (Lipinski definition) is 4. The molecule has 0 spiro atoms. The Kier molecular flexibility index (Phi) is 2.43. The lowest BCUT2D eigenvalue weighted by Gasteiger charge is -2.07. The summed E-state index contributed by atoms with van der Waals surface area (Å²) in [7, 11) is 1.57. The second-order valence-corrected chi connectivity index (χ2v) is 3.62. The average molecular weight is 193 g/mol. The maximum atomic E-state index is 5.65. The lowest BCUT2D eigenvalue weighted by Crippen LogP contribution is -2.06. The molecule has 0 radical (unpaired) electrons. The van der Waals surface area contributed by atoms with Crippen LogP contribution in [0.1, 0.15) is 12.8 Å². The van der Waals surface area contributed by atoms with Gasteiger partial charge in [0.05, 0.1) is 12.8 Å². The molecule has 4 heteroatoms. The van der Waals surface area contributed by atoms with Crippen LogP contribution in [-0.4, -0.2) is 18.6 Å². The molecular weight excluding hydrogens is 178 g/mol. The molecule has 4 nitrogen and oxygen atoms in total. The highest BCUT2D eigenvalue weighted by atomic mass is 16.5. The first-order valence-electron chi connectivity index (χ1n) is 4.84. The summed E-state index contributed by atoms with van der Waals surface area (Å²) in [5, 5.41) is 3.26. The maximum Gasteiger partial charge on any atom is 0.238 e. The van der Waals surface area contributed by atoms with Crippen LogP contribution in [-0.2, 0) is 0 Å². The van der Waals surface area contributed by atoms with Crippen molar-refractivity contribution >= 4 is 11.5 Å². The number of rotatable bonds is 4. The van der Waals surface area contributed by atoms with Gasteiger partial charge in [0.2, 0.25) is 5.88 Å². The van der Waals surface area contributed by atoms with Crippen molar-refractivity contribution in [3.63, 3.8) is 0 Å². The number of pyridine rings is 1. The molecule has 0 aromatic carbocycles. The van der Waals surface area contributed by atoms with E-state index in [2.05, 4.69) is 10.3 Å². The Hall–Kier alpha value is -1.45. The van der Waals surface area contributed by atoms with Gasteiger partial charge in [-0.3, -0.25) is 0 Å². The predicted octanol–water partition coefficient (Wildman–Crippen LogP) is 1.49. The fourth-order valence-electron chi connectivity index (χ4n) is 1.28. The van der Waals surface area contributed by atoms with Gasteiger partial charge < -0.3 is 15.8 Å². The van der Waals surface area contributed by atoms with E-state index in [1.54, 1.807) is 13.2 Å². The molecule has 1 fully saturated rings. The van der Waals surface area contributed by atoms with Gasteiger partial charge in [0.25, 0.3) is 0 Å². The number of anilines is 2. The number of hydrogen-bond donors (Lipinski definition) is 2. The minimum Gasteiger partial charge on any atom is -0.479 e. The lowest BCUT2D eigenvalue weighted by atomic mass is 10.3. The topological polar surface area (TPSA) is 60.2 Å². The van der Waals surface area contributed by atoms with E-state index in [0.717, 1.165) is 18.3 Å². The largest absolute Gasteiger partial charge is 0.479 e. The molecule has 1 saturated carbocycles. The first-order valence-corrected chi connectivity index (χ1v) is 4.84. The highest BCUT2D eigenvalue weighted by Gasteiger charge is 2.20. The van der Waals surface area contributed by atoms with Gasteiger partial charge in [0.1, 0.15) is 5.82 Å². The van der Waals surface area contributed by atoms with Gasteiger partial charge in [0, 0.05) is 6.54 Å². The van der Waals surface area contributed by atoms with E-state index in [9.17, 15) is 0 Å². The van der Waals surface area contributed by atoms with Gasteiger partial charge in [-0.1, -0.05) is 0 Å². The molecule has 0 unspecified atom stereocenters. The van der Waals surface area contributed by atoms with Crippen molar-refractivity contribution in [3.8, 4) is 5.88 Å². The van der Waals surface area contributed by atoms with Gasteiger partial charge in [0.15, 0.2) is 0 Å². The van der Waals surface area contributed by atoms with Crippen LogP contribution >= 0.6 is 0 Å². The highest BCUT2D eigenvalue weighted by Crippen LogP contribution is 2.29. The van der Waals surface area contributed by atoms with E-state index in [-0.39, 0.29) is 0 Å². The van der Waals surface area contributed by atoms with Crippen molar-refractivity contribution in [2.45, 2.75) is 12.8 Å². The van der Waals surface area contributed by atoms with Crippen LogP contribution in [0.2, 0.25) is 0 Å². The van der Waals surface area contributed by atoms with E-state index < -0.39 is 0 Å². The Morgan fingerprint density at radius 2 is 2.36 bits per heavy atom. The zero-order chi connectivity index (χ0) is 9.97. The molecule has 0 bridgehead atoms. The van der Waals surface area contributed by atoms with Crippen LogP contribution in [0, 0.1) is 5.92 Å². The predicted molar refractivity (Wildman–Crippen MR) is 56.4 cm³/mol. The minimum absolute atomic E-state index is 0.491. The Bertz CT molecular complexity index is 323. The molecule has 0 amide bonds. The molecular formula is C10H15N3O. The molecule has 2 rings (SSSR count). The molecule has 3 N–H and O–H groups in total. The Labute approximate surface area is 83.5 Å². The standard InChI is InChI=1S/C10H15N3O/c1-14-10-8(11)4-5-9(13-10)12-6-7-2-3-7/h4-5,7H,2-3,6,11H2,1H3,(H,12,13). The zero-order valence-electron chi connectivity index (χ0n) is 8.29. The van der Waals surface area contributed by atoms with E-state index in [1.807, 2.05) is 6.07 Å². The van der Waals surface area contributed by atoms with Crippen molar-refractivity contribution in [2.75, 3.05) is 24.7 Å². The molecule has 1 heterocycles. The summed E-state index contributed by atoms with van der Waals surface area (Å²) in [4.78, 5) is 4.23. The number of nitrogens with two attached hydrogens (primary N) is 1. The first kappa shape index (κ1) is 9.12. The van der Waals surface area contributed by atoms with Crippen molar-refractivity contribution in [3.05, 3.63) is 12.1 Å². The van der Waals surface area contributed by atoms with Crippen LogP contribution in [0.4, 0.5) is 11.5 Å². The maximum absolute atomic E-state index is 5.65. The van der Waals surface area contributed by atoms with Gasteiger partial charge in [-0.05, 0) is 30.9 Å². The van der Waals surface area contributed by atoms with Crippen molar-refractivity contribution in [2.24, 2.45) is 5.92 Å². The zero-order valence-corrected chi connectivity index (χ0v) is 8.29. The van der Waals surface area contributed by atoms with Crippen LogP contribution in [0.15, 0.2) is 12.1 Å². The fourth-order valence-corrected chi connectivity index (χ4v) is 1.28. The number of nitrogens with zero attached hydrogens (tertiary/aromatic N) is 1. The van der Waals surface area contributed by atoms with Crippen LogP contribution in [0.25, 0.3) is 0 Å². The molecule has 76 valence electrons. The Morgan fingerprint density at radius 1 is 1.57 bits per heavy atom. The van der Waals surface area contributed by atoms with Gasteiger partial charge >= 0.3 is 0 Å². The fraction of sp³-hybridized carbons (Fsp3) is 0.500. The summed E-state index contributed by atoms with van der Waals surface area (Å²) >= 11 is 0. The molecule has 0 aliphatic heterocycles. The van der Waals surface area contributed by atoms with E-state index in [0.29, 0.717) is 11.6 Å². The van der Waals surface area contributed by atoms with Gasteiger partial charge in [-0.15, -0.1) is 0 Å². The van der Waals surface area contributed by atoms with E-state index in [4.69, 9.17) is 10.5 Å². The number of nitrogens with one attached hydrogen (secondary N) is 1. The SMILES string of the molecule is COc1nc(NCC2CC2)ccc1N. The monoisotopic (exact) mass is 193 g/mol. The number of ether oxygens (including phenoxy) is 1. The quantitative estimate of drug-likeness (QED) is 0.760. The molecule has 1 aromatic rings. The second-order valence-electron chi connectivity index (χ2n) is 3.62. The number of nitrogen functional groups attached to an aromatic ring is 1. The molecule has 1 aliphatic carbocycles. The van der Waals surface area contributed by atoms with Crippen molar-refractivity contribution < 1.29 is 4.74 Å². The second kappa shape index (κ2) is 3.74. The molecule has 0 atom stereocenters. The van der Waals surface area contributed by atoms with Crippen molar-refractivity contribution in [1.82, 2.24) is 4.98 Å². The van der Waals surface area contributed by atoms with E-state index in [1.165, 1.54) is 12.8 Å². The van der Waals surface area contributed by atoms with E-state index >= 15 is 0 Å². The summed E-state index contributed by atoms with van der Waals surface area (Å²) in [6.45, 7) is 1.00. The summed E-state index contributed by atoms with van der Waals surface area (Å²) in [6, 6.07) is 3.68.